The molecule has 0 spiro atoms. The van der Waals surface area contributed by atoms with Crippen LogP contribution in [0.15, 0.2) is 36.5 Å². The molecule has 1 heterocycles. The van der Waals surface area contributed by atoms with E-state index in [4.69, 9.17) is 0 Å². The van der Waals surface area contributed by atoms with E-state index in [-0.39, 0.29) is 5.82 Å². The summed E-state index contributed by atoms with van der Waals surface area (Å²) < 4.78 is 13.3. The second kappa shape index (κ2) is 5.64. The van der Waals surface area contributed by atoms with Crippen LogP contribution in [-0.2, 0) is 6.54 Å². The molecule has 0 amide bonds. The van der Waals surface area contributed by atoms with E-state index in [1.165, 1.54) is 6.07 Å². The Kier molecular flexibility index (Phi) is 3.94. The second-order valence-electron chi connectivity index (χ2n) is 4.06. The zero-order valence-corrected chi connectivity index (χ0v) is 9.96. The monoisotopic (exact) mass is 232 g/mol. The quantitative estimate of drug-likeness (QED) is 0.760. The van der Waals surface area contributed by atoms with Gasteiger partial charge in [-0.2, -0.15) is 0 Å². The van der Waals surface area contributed by atoms with E-state index in [0.717, 1.165) is 29.8 Å². The molecule has 0 bridgehead atoms. The van der Waals surface area contributed by atoms with Crippen molar-refractivity contribution in [3.8, 4) is 11.3 Å². The number of hydrogen-bond acceptors (Lipinski definition) is 1. The number of rotatable bonds is 5. The van der Waals surface area contributed by atoms with Gasteiger partial charge in [-0.1, -0.05) is 6.92 Å². The van der Waals surface area contributed by atoms with Gasteiger partial charge in [0.1, 0.15) is 5.82 Å². The van der Waals surface area contributed by atoms with Gasteiger partial charge in [-0.15, -0.1) is 0 Å². The first-order valence-corrected chi connectivity index (χ1v) is 5.94. The van der Waals surface area contributed by atoms with Gasteiger partial charge in [-0.05, 0) is 48.9 Å². The lowest BCUT2D eigenvalue weighted by molar-refractivity contribution is 0.619. The van der Waals surface area contributed by atoms with Crippen LogP contribution in [-0.4, -0.2) is 11.5 Å². The van der Waals surface area contributed by atoms with Crippen molar-refractivity contribution in [2.75, 3.05) is 6.54 Å². The van der Waals surface area contributed by atoms with Gasteiger partial charge in [0.2, 0.25) is 0 Å². The van der Waals surface area contributed by atoms with Gasteiger partial charge in [-0.3, -0.25) is 0 Å². The minimum Gasteiger partial charge on any atom is -0.361 e. The molecule has 2 rings (SSSR count). The Balaban J connectivity index is 2.25. The van der Waals surface area contributed by atoms with Crippen LogP contribution in [0, 0.1) is 5.82 Å². The second-order valence-corrected chi connectivity index (χ2v) is 4.06. The maximum Gasteiger partial charge on any atom is 0.123 e. The van der Waals surface area contributed by atoms with E-state index in [9.17, 15) is 4.39 Å². The highest BCUT2D eigenvalue weighted by atomic mass is 19.1. The first-order valence-electron chi connectivity index (χ1n) is 5.94. The molecule has 0 unspecified atom stereocenters. The van der Waals surface area contributed by atoms with Gasteiger partial charge >= 0.3 is 0 Å². The Morgan fingerprint density at radius 2 is 2.18 bits per heavy atom. The lowest BCUT2D eigenvalue weighted by Gasteiger charge is -2.09. The van der Waals surface area contributed by atoms with E-state index >= 15 is 0 Å². The summed E-state index contributed by atoms with van der Waals surface area (Å²) in [6, 6.07) is 8.86. The third-order valence-electron chi connectivity index (χ3n) is 2.70. The molecule has 90 valence electrons. The van der Waals surface area contributed by atoms with Crippen molar-refractivity contribution < 1.29 is 4.39 Å². The number of aromatic nitrogens is 1. The topological polar surface area (TPSA) is 27.8 Å². The molecular weight excluding hydrogens is 215 g/mol. The van der Waals surface area contributed by atoms with Crippen LogP contribution in [0.3, 0.4) is 0 Å². The van der Waals surface area contributed by atoms with Crippen LogP contribution in [0.2, 0.25) is 0 Å². The van der Waals surface area contributed by atoms with E-state index in [1.54, 1.807) is 6.07 Å². The van der Waals surface area contributed by atoms with Crippen LogP contribution in [0.1, 0.15) is 18.9 Å². The minimum absolute atomic E-state index is 0.186. The fraction of sp³-hybridized carbons (Fsp3) is 0.286. The van der Waals surface area contributed by atoms with Crippen molar-refractivity contribution >= 4 is 0 Å². The number of H-pyrrole nitrogens is 1. The van der Waals surface area contributed by atoms with Crippen LogP contribution >= 0.6 is 0 Å². The molecule has 0 aliphatic heterocycles. The highest BCUT2D eigenvalue weighted by molar-refractivity contribution is 5.63. The van der Waals surface area contributed by atoms with Crippen molar-refractivity contribution in [3.63, 3.8) is 0 Å². The highest BCUT2D eigenvalue weighted by Crippen LogP contribution is 2.22. The summed E-state index contributed by atoms with van der Waals surface area (Å²) in [5, 5.41) is 3.30. The lowest BCUT2D eigenvalue weighted by Crippen LogP contribution is -2.14. The van der Waals surface area contributed by atoms with Crippen molar-refractivity contribution in [3.05, 3.63) is 47.9 Å². The normalized spacial score (nSPS) is 10.7. The molecule has 1 aromatic heterocycles. The van der Waals surface area contributed by atoms with Gasteiger partial charge in [-0.25, -0.2) is 4.39 Å². The predicted molar refractivity (Wildman–Crippen MR) is 68.2 cm³/mol. The van der Waals surface area contributed by atoms with Gasteiger partial charge in [0.25, 0.3) is 0 Å². The molecule has 0 saturated carbocycles. The Morgan fingerprint density at radius 3 is 2.88 bits per heavy atom. The van der Waals surface area contributed by atoms with Crippen LogP contribution in [0.5, 0.6) is 0 Å². The highest BCUT2D eigenvalue weighted by Gasteiger charge is 2.06. The standard InChI is InChI=1S/C14H17FN2/c1-2-7-16-10-11-9-12(15)5-6-13(11)14-4-3-8-17-14/h3-6,8-9,16-17H,2,7,10H2,1H3. The van der Waals surface area contributed by atoms with Gasteiger partial charge in [0.15, 0.2) is 0 Å². The smallest absolute Gasteiger partial charge is 0.123 e. The van der Waals surface area contributed by atoms with E-state index in [2.05, 4.69) is 17.2 Å². The Hall–Kier alpha value is -1.61. The molecule has 17 heavy (non-hydrogen) atoms. The van der Waals surface area contributed by atoms with Gasteiger partial charge < -0.3 is 10.3 Å². The van der Waals surface area contributed by atoms with Gasteiger partial charge in [0, 0.05) is 24.0 Å². The molecule has 0 radical (unpaired) electrons. The number of aromatic amines is 1. The molecule has 2 aromatic rings. The van der Waals surface area contributed by atoms with Gasteiger partial charge in [0.05, 0.1) is 0 Å². The molecule has 2 N–H and O–H groups in total. The van der Waals surface area contributed by atoms with E-state index in [0.29, 0.717) is 6.54 Å². The average Bonchev–Trinajstić information content (AvgIpc) is 2.83. The largest absolute Gasteiger partial charge is 0.361 e. The van der Waals surface area contributed by atoms with Crippen molar-refractivity contribution in [2.24, 2.45) is 0 Å². The molecular formula is C14H17FN2. The number of nitrogens with one attached hydrogen (secondary N) is 2. The number of hydrogen-bond donors (Lipinski definition) is 2. The summed E-state index contributed by atoms with van der Waals surface area (Å²) >= 11 is 0. The fourth-order valence-electron chi connectivity index (χ4n) is 1.87. The summed E-state index contributed by atoms with van der Waals surface area (Å²) in [5.74, 6) is -0.186. The Morgan fingerprint density at radius 1 is 1.29 bits per heavy atom. The molecule has 1 aromatic carbocycles. The predicted octanol–water partition coefficient (Wildman–Crippen LogP) is 3.32. The summed E-state index contributed by atoms with van der Waals surface area (Å²) in [5.41, 5.74) is 3.07. The summed E-state index contributed by atoms with van der Waals surface area (Å²) in [6.07, 6.45) is 2.95. The Labute approximate surface area is 101 Å². The molecule has 3 heteroatoms. The average molecular weight is 232 g/mol. The third-order valence-corrected chi connectivity index (χ3v) is 2.70. The van der Waals surface area contributed by atoms with Crippen LogP contribution in [0.25, 0.3) is 11.3 Å². The zero-order valence-electron chi connectivity index (χ0n) is 9.96. The van der Waals surface area contributed by atoms with Crippen LogP contribution < -0.4 is 5.32 Å². The van der Waals surface area contributed by atoms with E-state index < -0.39 is 0 Å². The zero-order chi connectivity index (χ0) is 12.1. The first-order chi connectivity index (χ1) is 8.31. The summed E-state index contributed by atoms with van der Waals surface area (Å²) in [7, 11) is 0. The van der Waals surface area contributed by atoms with Crippen LogP contribution in [0.4, 0.5) is 4.39 Å². The lowest BCUT2D eigenvalue weighted by atomic mass is 10.0. The molecule has 0 saturated heterocycles. The number of benzene rings is 1. The molecule has 2 nitrogen and oxygen atoms in total. The SMILES string of the molecule is CCCNCc1cc(F)ccc1-c1ccc[nH]1. The van der Waals surface area contributed by atoms with Crippen molar-refractivity contribution in [1.29, 1.82) is 0 Å². The first kappa shape index (κ1) is 11.9. The molecule has 0 aliphatic rings. The number of halogens is 1. The molecule has 0 aliphatic carbocycles. The fourth-order valence-corrected chi connectivity index (χ4v) is 1.87. The Bertz CT molecular complexity index is 463. The molecule has 0 fully saturated rings. The minimum atomic E-state index is -0.186. The molecule has 0 atom stereocenters. The van der Waals surface area contributed by atoms with Crippen molar-refractivity contribution in [1.82, 2.24) is 10.3 Å². The van der Waals surface area contributed by atoms with Crippen molar-refractivity contribution in [2.45, 2.75) is 19.9 Å². The van der Waals surface area contributed by atoms with E-state index in [1.807, 2.05) is 24.4 Å². The maximum atomic E-state index is 13.3. The maximum absolute atomic E-state index is 13.3. The summed E-state index contributed by atoms with van der Waals surface area (Å²) in [4.78, 5) is 3.15. The third kappa shape index (κ3) is 2.94. The summed E-state index contributed by atoms with van der Waals surface area (Å²) in [6.45, 7) is 3.76.